The largest absolute Gasteiger partial charge is 0.336 e. The van der Waals surface area contributed by atoms with E-state index in [-0.39, 0.29) is 0 Å². The topological polar surface area (TPSA) is 34.0 Å². The molecule has 0 bridgehead atoms. The predicted molar refractivity (Wildman–Crippen MR) is 72.4 cm³/mol. The zero-order chi connectivity index (χ0) is 12.5. The number of thiazole rings is 1. The third-order valence-corrected chi connectivity index (χ3v) is 4.18. The van der Waals surface area contributed by atoms with E-state index in [0.29, 0.717) is 6.04 Å². The third kappa shape index (κ3) is 2.20. The average molecular weight is 262 g/mol. The lowest BCUT2D eigenvalue weighted by Gasteiger charge is -2.23. The van der Waals surface area contributed by atoms with Gasteiger partial charge in [0, 0.05) is 25.2 Å². The highest BCUT2D eigenvalue weighted by Crippen LogP contribution is 2.32. The first-order chi connectivity index (χ1) is 8.74. The van der Waals surface area contributed by atoms with Gasteiger partial charge in [-0.25, -0.2) is 9.97 Å². The van der Waals surface area contributed by atoms with Gasteiger partial charge in [-0.1, -0.05) is 0 Å². The Hall–Kier alpha value is -1.20. The molecule has 2 aromatic rings. The van der Waals surface area contributed by atoms with Crippen LogP contribution in [0.25, 0.3) is 0 Å². The highest BCUT2D eigenvalue weighted by atomic mass is 32.1. The quantitative estimate of drug-likeness (QED) is 0.852. The maximum atomic E-state index is 4.68. The minimum absolute atomic E-state index is 0.449. The van der Waals surface area contributed by atoms with Gasteiger partial charge in [-0.2, -0.15) is 0 Å². The van der Waals surface area contributed by atoms with Crippen LogP contribution in [-0.2, 0) is 13.6 Å². The minimum Gasteiger partial charge on any atom is -0.336 e. The van der Waals surface area contributed by atoms with Gasteiger partial charge in [0.05, 0.1) is 22.9 Å². The average Bonchev–Trinajstić information content (AvgIpc) is 3.02. The monoisotopic (exact) mass is 262 g/mol. The summed E-state index contributed by atoms with van der Waals surface area (Å²) in [5, 5.41) is 2.14. The van der Waals surface area contributed by atoms with Crippen LogP contribution in [0.3, 0.4) is 0 Å². The second-order valence-electron chi connectivity index (χ2n) is 4.96. The molecule has 1 saturated heterocycles. The first kappa shape index (κ1) is 11.9. The van der Waals surface area contributed by atoms with Crippen molar-refractivity contribution in [3.8, 4) is 0 Å². The number of hydrogen-bond acceptors (Lipinski definition) is 4. The van der Waals surface area contributed by atoms with Crippen molar-refractivity contribution < 1.29 is 0 Å². The van der Waals surface area contributed by atoms with Crippen molar-refractivity contribution in [1.82, 2.24) is 19.4 Å². The molecule has 5 heteroatoms. The van der Waals surface area contributed by atoms with E-state index in [1.165, 1.54) is 24.4 Å². The fourth-order valence-electron chi connectivity index (χ4n) is 2.78. The van der Waals surface area contributed by atoms with Gasteiger partial charge in [-0.3, -0.25) is 4.90 Å². The van der Waals surface area contributed by atoms with Crippen LogP contribution in [0.5, 0.6) is 0 Å². The Morgan fingerprint density at radius 2 is 2.39 bits per heavy atom. The molecule has 18 heavy (non-hydrogen) atoms. The SMILES string of the molecule is Cc1cn(C)c([C@H]2CCCN2Cc2cscn2)n1. The maximum absolute atomic E-state index is 4.68. The van der Waals surface area contributed by atoms with E-state index < -0.39 is 0 Å². The normalized spacial score (nSPS) is 20.7. The number of imidazole rings is 1. The molecule has 0 spiro atoms. The second kappa shape index (κ2) is 4.82. The van der Waals surface area contributed by atoms with Gasteiger partial charge in [-0.05, 0) is 26.3 Å². The zero-order valence-corrected chi connectivity index (χ0v) is 11.7. The van der Waals surface area contributed by atoms with Crippen molar-refractivity contribution >= 4 is 11.3 Å². The summed E-state index contributed by atoms with van der Waals surface area (Å²) in [7, 11) is 2.09. The Morgan fingerprint density at radius 3 is 3.06 bits per heavy atom. The Morgan fingerprint density at radius 1 is 1.50 bits per heavy atom. The molecule has 1 atom stereocenters. The van der Waals surface area contributed by atoms with Crippen LogP contribution in [0.2, 0.25) is 0 Å². The molecule has 96 valence electrons. The van der Waals surface area contributed by atoms with Crippen LogP contribution in [0.15, 0.2) is 17.1 Å². The lowest BCUT2D eigenvalue weighted by molar-refractivity contribution is 0.234. The first-order valence-electron chi connectivity index (χ1n) is 6.35. The van der Waals surface area contributed by atoms with E-state index in [1.807, 2.05) is 5.51 Å². The van der Waals surface area contributed by atoms with Gasteiger partial charge in [0.1, 0.15) is 5.82 Å². The molecule has 0 saturated carbocycles. The van der Waals surface area contributed by atoms with E-state index >= 15 is 0 Å². The van der Waals surface area contributed by atoms with Crippen LogP contribution in [-0.4, -0.2) is 26.0 Å². The summed E-state index contributed by atoms with van der Waals surface area (Å²) in [6, 6.07) is 0.449. The Labute approximate surface area is 111 Å². The highest BCUT2D eigenvalue weighted by molar-refractivity contribution is 7.07. The number of aromatic nitrogens is 3. The summed E-state index contributed by atoms with van der Waals surface area (Å²) in [5.41, 5.74) is 4.19. The molecule has 3 heterocycles. The minimum atomic E-state index is 0.449. The lowest BCUT2D eigenvalue weighted by atomic mass is 10.2. The molecule has 0 aliphatic carbocycles. The summed E-state index contributed by atoms with van der Waals surface area (Å²) in [6.07, 6.45) is 4.56. The van der Waals surface area contributed by atoms with Crippen LogP contribution >= 0.6 is 11.3 Å². The number of rotatable bonds is 3. The zero-order valence-electron chi connectivity index (χ0n) is 10.8. The summed E-state index contributed by atoms with van der Waals surface area (Å²) < 4.78 is 2.17. The molecule has 1 fully saturated rings. The Kier molecular flexibility index (Phi) is 3.18. The molecule has 0 radical (unpaired) electrons. The van der Waals surface area contributed by atoms with Crippen molar-refractivity contribution in [2.45, 2.75) is 32.4 Å². The molecule has 0 aromatic carbocycles. The van der Waals surface area contributed by atoms with Crippen molar-refractivity contribution in [2.75, 3.05) is 6.54 Å². The molecule has 0 N–H and O–H groups in total. The molecule has 0 amide bonds. The molecule has 2 aromatic heterocycles. The smallest absolute Gasteiger partial charge is 0.126 e. The highest BCUT2D eigenvalue weighted by Gasteiger charge is 2.29. The summed E-state index contributed by atoms with van der Waals surface area (Å²) in [6.45, 7) is 4.15. The van der Waals surface area contributed by atoms with Gasteiger partial charge in [0.25, 0.3) is 0 Å². The van der Waals surface area contributed by atoms with E-state index in [9.17, 15) is 0 Å². The van der Waals surface area contributed by atoms with Gasteiger partial charge in [-0.15, -0.1) is 11.3 Å². The van der Waals surface area contributed by atoms with E-state index in [1.54, 1.807) is 11.3 Å². The first-order valence-corrected chi connectivity index (χ1v) is 7.29. The molecular formula is C13H18N4S. The van der Waals surface area contributed by atoms with Gasteiger partial charge in [0.15, 0.2) is 0 Å². The van der Waals surface area contributed by atoms with Gasteiger partial charge in [0.2, 0.25) is 0 Å². The lowest BCUT2D eigenvalue weighted by Crippen LogP contribution is -2.25. The standard InChI is InChI=1S/C13H18N4S/c1-10-6-16(2)13(15-10)12-4-3-5-17(12)7-11-8-18-9-14-11/h6,8-9,12H,3-5,7H2,1-2H3/t12-/m1/s1. The number of nitrogens with zero attached hydrogens (tertiary/aromatic N) is 4. The number of likely N-dealkylation sites (tertiary alicyclic amines) is 1. The van der Waals surface area contributed by atoms with Gasteiger partial charge >= 0.3 is 0 Å². The van der Waals surface area contributed by atoms with Gasteiger partial charge < -0.3 is 4.57 Å². The van der Waals surface area contributed by atoms with Crippen LogP contribution < -0.4 is 0 Å². The van der Waals surface area contributed by atoms with Crippen LogP contribution in [0, 0.1) is 6.92 Å². The number of hydrogen-bond donors (Lipinski definition) is 0. The fourth-order valence-corrected chi connectivity index (χ4v) is 3.33. The molecule has 4 nitrogen and oxygen atoms in total. The fraction of sp³-hybridized carbons (Fsp3) is 0.538. The van der Waals surface area contributed by atoms with Crippen molar-refractivity contribution in [1.29, 1.82) is 0 Å². The van der Waals surface area contributed by atoms with E-state index in [0.717, 1.165) is 18.8 Å². The summed E-state index contributed by atoms with van der Waals surface area (Å²) in [5.74, 6) is 1.19. The van der Waals surface area contributed by atoms with E-state index in [4.69, 9.17) is 0 Å². The van der Waals surface area contributed by atoms with E-state index in [2.05, 4.69) is 45.0 Å². The van der Waals surface area contributed by atoms with Crippen LogP contribution in [0.4, 0.5) is 0 Å². The molecule has 0 unspecified atom stereocenters. The Bertz CT molecular complexity index is 517. The van der Waals surface area contributed by atoms with Crippen molar-refractivity contribution in [3.05, 3.63) is 34.3 Å². The maximum Gasteiger partial charge on any atom is 0.126 e. The second-order valence-corrected chi connectivity index (χ2v) is 5.68. The Balaban J connectivity index is 1.81. The molecular weight excluding hydrogens is 244 g/mol. The van der Waals surface area contributed by atoms with Crippen LogP contribution in [0.1, 0.15) is 36.1 Å². The third-order valence-electron chi connectivity index (χ3n) is 3.54. The van der Waals surface area contributed by atoms with Crippen molar-refractivity contribution in [2.24, 2.45) is 7.05 Å². The molecule has 3 rings (SSSR count). The predicted octanol–water partition coefficient (Wildman–Crippen LogP) is 2.52. The molecule has 1 aliphatic heterocycles. The summed E-state index contributed by atoms with van der Waals surface area (Å²) >= 11 is 1.67. The number of aryl methyl sites for hydroxylation is 2. The summed E-state index contributed by atoms with van der Waals surface area (Å²) in [4.78, 5) is 11.6. The molecule has 1 aliphatic rings. The van der Waals surface area contributed by atoms with Crippen molar-refractivity contribution in [3.63, 3.8) is 0 Å².